The molecule has 0 aromatic heterocycles. The summed E-state index contributed by atoms with van der Waals surface area (Å²) in [5, 5.41) is 4.70. The highest BCUT2D eigenvalue weighted by Crippen LogP contribution is 2.42. The smallest absolute Gasteiger partial charge is 0.0406 e. The summed E-state index contributed by atoms with van der Waals surface area (Å²) in [6.45, 7) is 15.2. The van der Waals surface area contributed by atoms with Gasteiger partial charge in [-0.05, 0) is 86.6 Å². The summed E-state index contributed by atoms with van der Waals surface area (Å²) in [7, 11) is 0. The maximum Gasteiger partial charge on any atom is 0.0406 e. The van der Waals surface area contributed by atoms with E-state index in [0.717, 1.165) is 31.2 Å². The maximum atomic E-state index is 6.11. The zero-order valence-electron chi connectivity index (χ0n) is 19.6. The second-order valence-electron chi connectivity index (χ2n) is 10.4. The molecule has 30 heavy (non-hydrogen) atoms. The molecular weight excluding hydrogens is 390 g/mol. The average molecular weight is 432 g/mol. The van der Waals surface area contributed by atoms with E-state index in [1.165, 1.54) is 56.3 Å². The van der Waals surface area contributed by atoms with Crippen LogP contribution in [0.5, 0.6) is 0 Å². The highest BCUT2D eigenvalue weighted by Gasteiger charge is 2.37. The number of hydrogen-bond donors (Lipinski definition) is 1. The Bertz CT molecular complexity index is 680. The van der Waals surface area contributed by atoms with Crippen molar-refractivity contribution in [2.45, 2.75) is 78.2 Å². The van der Waals surface area contributed by atoms with Gasteiger partial charge >= 0.3 is 0 Å². The first-order chi connectivity index (χ1) is 14.3. The zero-order valence-corrected chi connectivity index (χ0v) is 20.3. The Hall–Kier alpha value is -0.900. The van der Waals surface area contributed by atoms with E-state index in [1.807, 2.05) is 12.1 Å². The standard InChI is InChI=1S/C26H42ClN3/c1-20(2)25(29-16-7-9-23-8-5-6-15-28-23)18-30-17-14-24(26(3,4)19-30)21-10-12-22(27)13-11-21/h10-13,20,24-25,29H,5-9,14-19H2,1-4H3/t24?,25-/m0/s1. The van der Waals surface area contributed by atoms with Crippen molar-refractivity contribution in [3.63, 3.8) is 0 Å². The third kappa shape index (κ3) is 6.80. The first-order valence-corrected chi connectivity index (χ1v) is 12.5. The predicted octanol–water partition coefficient (Wildman–Crippen LogP) is 6.17. The fourth-order valence-corrected chi connectivity index (χ4v) is 5.39. The molecule has 3 nitrogen and oxygen atoms in total. The third-order valence-electron chi connectivity index (χ3n) is 7.10. The van der Waals surface area contributed by atoms with Crippen molar-refractivity contribution in [1.82, 2.24) is 10.2 Å². The average Bonchev–Trinajstić information content (AvgIpc) is 2.71. The fourth-order valence-electron chi connectivity index (χ4n) is 5.27. The fraction of sp³-hybridized carbons (Fsp3) is 0.731. The van der Waals surface area contributed by atoms with E-state index in [2.05, 4.69) is 50.0 Å². The van der Waals surface area contributed by atoms with Gasteiger partial charge in [0.25, 0.3) is 0 Å². The Morgan fingerprint density at radius 3 is 2.60 bits per heavy atom. The molecule has 2 aliphatic rings. The predicted molar refractivity (Wildman–Crippen MR) is 131 cm³/mol. The molecule has 1 saturated heterocycles. The number of piperidine rings is 1. The van der Waals surface area contributed by atoms with Crippen LogP contribution in [-0.2, 0) is 0 Å². The second-order valence-corrected chi connectivity index (χ2v) is 10.9. The first-order valence-electron chi connectivity index (χ1n) is 12.1. The van der Waals surface area contributed by atoms with Gasteiger partial charge in [-0.1, -0.05) is 51.4 Å². The van der Waals surface area contributed by atoms with Gasteiger partial charge in [-0.3, -0.25) is 4.99 Å². The van der Waals surface area contributed by atoms with Crippen molar-refractivity contribution < 1.29 is 0 Å². The molecule has 0 saturated carbocycles. The second kappa shape index (κ2) is 11.1. The van der Waals surface area contributed by atoms with Crippen molar-refractivity contribution in [2.24, 2.45) is 16.3 Å². The molecule has 0 bridgehead atoms. The van der Waals surface area contributed by atoms with Gasteiger partial charge < -0.3 is 10.2 Å². The molecule has 0 radical (unpaired) electrons. The van der Waals surface area contributed by atoms with Crippen LogP contribution in [0.3, 0.4) is 0 Å². The molecule has 2 heterocycles. The van der Waals surface area contributed by atoms with E-state index >= 15 is 0 Å². The van der Waals surface area contributed by atoms with E-state index < -0.39 is 0 Å². The lowest BCUT2D eigenvalue weighted by Crippen LogP contribution is -2.51. The molecule has 168 valence electrons. The van der Waals surface area contributed by atoms with Gasteiger partial charge in [0, 0.05) is 36.4 Å². The lowest BCUT2D eigenvalue weighted by Gasteiger charge is -2.46. The van der Waals surface area contributed by atoms with Gasteiger partial charge in [-0.2, -0.15) is 0 Å². The van der Waals surface area contributed by atoms with Crippen LogP contribution in [0.25, 0.3) is 0 Å². The molecule has 2 atom stereocenters. The summed E-state index contributed by atoms with van der Waals surface area (Å²) in [6.07, 6.45) is 7.46. The van der Waals surface area contributed by atoms with Gasteiger partial charge in [0.05, 0.1) is 0 Å². The minimum Gasteiger partial charge on any atom is -0.312 e. The van der Waals surface area contributed by atoms with Crippen LogP contribution in [0.1, 0.15) is 77.7 Å². The van der Waals surface area contributed by atoms with Crippen LogP contribution in [-0.4, -0.2) is 49.4 Å². The number of aliphatic imine (C=N–C) groups is 1. The van der Waals surface area contributed by atoms with Crippen molar-refractivity contribution in [3.05, 3.63) is 34.9 Å². The third-order valence-corrected chi connectivity index (χ3v) is 7.35. The van der Waals surface area contributed by atoms with Gasteiger partial charge in [-0.15, -0.1) is 0 Å². The van der Waals surface area contributed by atoms with Crippen LogP contribution >= 0.6 is 11.6 Å². The Balaban J connectivity index is 1.48. The van der Waals surface area contributed by atoms with Gasteiger partial charge in [0.15, 0.2) is 0 Å². The van der Waals surface area contributed by atoms with Crippen LogP contribution < -0.4 is 5.32 Å². The first kappa shape index (κ1) is 23.8. The quantitative estimate of drug-likeness (QED) is 0.473. The molecule has 3 rings (SSSR count). The lowest BCUT2D eigenvalue weighted by molar-refractivity contribution is 0.0794. The number of likely N-dealkylation sites (tertiary alicyclic amines) is 1. The molecule has 2 aliphatic heterocycles. The number of halogens is 1. The maximum absolute atomic E-state index is 6.11. The molecule has 4 heteroatoms. The number of rotatable bonds is 9. The molecule has 0 aliphatic carbocycles. The van der Waals surface area contributed by atoms with E-state index in [-0.39, 0.29) is 5.41 Å². The SMILES string of the molecule is CC(C)[C@H](CN1CCC(c2ccc(Cl)cc2)C(C)(C)C1)NCCCC1=NCCCC1. The summed E-state index contributed by atoms with van der Waals surface area (Å²) in [6, 6.07) is 9.08. The molecule has 0 amide bonds. The Morgan fingerprint density at radius 1 is 1.20 bits per heavy atom. The number of nitrogens with zero attached hydrogens (tertiary/aromatic N) is 2. The number of nitrogens with one attached hydrogen (secondary N) is 1. The number of hydrogen-bond acceptors (Lipinski definition) is 3. The lowest BCUT2D eigenvalue weighted by atomic mass is 9.70. The number of benzene rings is 1. The summed E-state index contributed by atoms with van der Waals surface area (Å²) in [4.78, 5) is 7.39. The Morgan fingerprint density at radius 2 is 1.97 bits per heavy atom. The van der Waals surface area contributed by atoms with E-state index in [4.69, 9.17) is 16.6 Å². The minimum absolute atomic E-state index is 0.271. The Labute approximate surface area is 189 Å². The largest absolute Gasteiger partial charge is 0.312 e. The highest BCUT2D eigenvalue weighted by atomic mass is 35.5. The van der Waals surface area contributed by atoms with E-state index in [0.29, 0.717) is 17.9 Å². The van der Waals surface area contributed by atoms with E-state index in [1.54, 1.807) is 0 Å². The van der Waals surface area contributed by atoms with Crippen molar-refractivity contribution in [3.8, 4) is 0 Å². The summed E-state index contributed by atoms with van der Waals surface area (Å²) in [5.41, 5.74) is 3.16. The molecule has 1 fully saturated rings. The molecule has 0 spiro atoms. The normalized spacial score (nSPS) is 23.4. The topological polar surface area (TPSA) is 27.6 Å². The van der Waals surface area contributed by atoms with Crippen molar-refractivity contribution >= 4 is 17.3 Å². The molecular formula is C26H42ClN3. The van der Waals surface area contributed by atoms with Crippen molar-refractivity contribution in [1.29, 1.82) is 0 Å². The molecule has 1 aromatic rings. The zero-order chi connectivity index (χ0) is 21.6. The Kier molecular flexibility index (Phi) is 8.80. The van der Waals surface area contributed by atoms with Gasteiger partial charge in [0.1, 0.15) is 0 Å². The molecule has 1 aromatic carbocycles. The monoisotopic (exact) mass is 431 g/mol. The summed E-state index contributed by atoms with van der Waals surface area (Å²) < 4.78 is 0. The van der Waals surface area contributed by atoms with Crippen LogP contribution in [0.15, 0.2) is 29.3 Å². The molecule has 1 N–H and O–H groups in total. The minimum atomic E-state index is 0.271. The highest BCUT2D eigenvalue weighted by molar-refractivity contribution is 6.30. The van der Waals surface area contributed by atoms with Crippen molar-refractivity contribution in [2.75, 3.05) is 32.7 Å². The molecule has 1 unspecified atom stereocenters. The summed E-state index contributed by atoms with van der Waals surface area (Å²) >= 11 is 6.11. The van der Waals surface area contributed by atoms with Crippen LogP contribution in [0.2, 0.25) is 5.02 Å². The van der Waals surface area contributed by atoms with Crippen LogP contribution in [0, 0.1) is 11.3 Å². The van der Waals surface area contributed by atoms with Gasteiger partial charge in [-0.25, -0.2) is 0 Å². The van der Waals surface area contributed by atoms with Gasteiger partial charge in [0.2, 0.25) is 0 Å². The van der Waals surface area contributed by atoms with E-state index in [9.17, 15) is 0 Å². The van der Waals surface area contributed by atoms with Crippen LogP contribution in [0.4, 0.5) is 0 Å². The summed E-state index contributed by atoms with van der Waals surface area (Å²) in [5.74, 6) is 1.25.